The van der Waals surface area contributed by atoms with Gasteiger partial charge in [-0.2, -0.15) is 0 Å². The van der Waals surface area contributed by atoms with E-state index in [1.165, 1.54) is 23.9 Å². The van der Waals surface area contributed by atoms with E-state index in [2.05, 4.69) is 10.3 Å². The summed E-state index contributed by atoms with van der Waals surface area (Å²) in [5.74, 6) is -0.000142. The van der Waals surface area contributed by atoms with E-state index in [-0.39, 0.29) is 17.3 Å². The van der Waals surface area contributed by atoms with Crippen LogP contribution in [0.1, 0.15) is 33.9 Å². The summed E-state index contributed by atoms with van der Waals surface area (Å²) in [7, 11) is 0. The predicted octanol–water partition coefficient (Wildman–Crippen LogP) is 7.28. The smallest absolute Gasteiger partial charge is 0.336 e. The van der Waals surface area contributed by atoms with E-state index < -0.39 is 16.9 Å². The third kappa shape index (κ3) is 5.35. The van der Waals surface area contributed by atoms with Crippen LogP contribution in [0, 0.1) is 10.1 Å². The van der Waals surface area contributed by atoms with Crippen molar-refractivity contribution >= 4 is 46.4 Å². The van der Waals surface area contributed by atoms with Gasteiger partial charge in [0.15, 0.2) is 5.11 Å². The molecule has 6 rings (SSSR count). The predicted molar refractivity (Wildman–Crippen MR) is 163 cm³/mol. The first-order valence-corrected chi connectivity index (χ1v) is 14.1. The van der Waals surface area contributed by atoms with Gasteiger partial charge in [-0.15, -0.1) is 0 Å². The number of furan rings is 1. The molecule has 0 aliphatic carbocycles. The number of hydrogen-bond donors (Lipinski definition) is 2. The molecular formula is C31H22N4O5S2. The number of hydrogen-bond acceptors (Lipinski definition) is 7. The number of nitro benzene ring substituents is 1. The molecule has 2 N–H and O–H groups in total. The Morgan fingerprint density at radius 3 is 2.31 bits per heavy atom. The highest BCUT2D eigenvalue weighted by Gasteiger charge is 2.42. The summed E-state index contributed by atoms with van der Waals surface area (Å²) < 4.78 is 6.34. The number of carboxylic acids is 1. The Kier molecular flexibility index (Phi) is 7.43. The highest BCUT2D eigenvalue weighted by Crippen LogP contribution is 2.43. The molecule has 0 spiro atoms. The van der Waals surface area contributed by atoms with E-state index >= 15 is 0 Å². The molecule has 3 heterocycles. The third-order valence-corrected chi connectivity index (χ3v) is 8.17. The lowest BCUT2D eigenvalue weighted by Crippen LogP contribution is -2.29. The number of nitrogens with one attached hydrogen (secondary N) is 1. The molecule has 208 valence electrons. The Morgan fingerprint density at radius 2 is 1.64 bits per heavy atom. The minimum Gasteiger partial charge on any atom is -0.478 e. The van der Waals surface area contributed by atoms with Gasteiger partial charge in [-0.1, -0.05) is 36.0 Å². The number of anilines is 1. The molecule has 11 heteroatoms. The molecule has 0 saturated carbocycles. The van der Waals surface area contributed by atoms with E-state index in [9.17, 15) is 20.0 Å². The molecule has 1 aliphatic rings. The summed E-state index contributed by atoms with van der Waals surface area (Å²) >= 11 is 7.30. The van der Waals surface area contributed by atoms with E-state index in [0.717, 1.165) is 21.2 Å². The largest absolute Gasteiger partial charge is 0.478 e. The Labute approximate surface area is 250 Å². The number of nitrogens with zero attached hydrogens (tertiary/aromatic N) is 3. The van der Waals surface area contributed by atoms with Gasteiger partial charge >= 0.3 is 5.97 Å². The average Bonchev–Trinajstić information content (AvgIpc) is 3.63. The van der Waals surface area contributed by atoms with Crippen molar-refractivity contribution in [2.45, 2.75) is 21.9 Å². The van der Waals surface area contributed by atoms with E-state index in [1.807, 2.05) is 53.4 Å². The van der Waals surface area contributed by atoms with Crippen LogP contribution in [0.15, 0.2) is 124 Å². The molecule has 1 fully saturated rings. The van der Waals surface area contributed by atoms with Crippen molar-refractivity contribution in [1.82, 2.24) is 10.3 Å². The molecule has 42 heavy (non-hydrogen) atoms. The van der Waals surface area contributed by atoms with Crippen molar-refractivity contribution in [3.8, 4) is 11.3 Å². The van der Waals surface area contributed by atoms with Crippen molar-refractivity contribution in [2.75, 3.05) is 4.90 Å². The summed E-state index contributed by atoms with van der Waals surface area (Å²) in [4.78, 5) is 30.8. The van der Waals surface area contributed by atoms with Gasteiger partial charge < -0.3 is 19.7 Å². The molecule has 0 bridgehead atoms. The number of benzene rings is 3. The van der Waals surface area contributed by atoms with E-state index in [0.29, 0.717) is 22.2 Å². The van der Waals surface area contributed by atoms with Crippen LogP contribution in [0.4, 0.5) is 11.4 Å². The normalized spacial score (nSPS) is 16.3. The molecule has 0 radical (unpaired) electrons. The van der Waals surface area contributed by atoms with Gasteiger partial charge in [0, 0.05) is 39.4 Å². The maximum absolute atomic E-state index is 11.8. The molecule has 3 aromatic carbocycles. The zero-order valence-corrected chi connectivity index (χ0v) is 23.4. The molecule has 9 nitrogen and oxygen atoms in total. The minimum atomic E-state index is -1.04. The maximum Gasteiger partial charge on any atom is 0.336 e. The average molecular weight is 595 g/mol. The van der Waals surface area contributed by atoms with Gasteiger partial charge in [0.1, 0.15) is 17.6 Å². The van der Waals surface area contributed by atoms with Crippen LogP contribution in [-0.2, 0) is 0 Å². The SMILES string of the molecule is O=C(O)c1ccccc1-c1ccc([C@H]2[C@@H](c3ccccn3)NC(=S)N2c2ccc(Sc3ccc([N+](=O)[O-])cc3)cc2)o1. The second-order valence-electron chi connectivity index (χ2n) is 9.40. The van der Waals surface area contributed by atoms with Crippen LogP contribution < -0.4 is 10.2 Å². The summed E-state index contributed by atoms with van der Waals surface area (Å²) in [6.07, 6.45) is 1.72. The molecule has 2 aromatic heterocycles. The van der Waals surface area contributed by atoms with Crippen LogP contribution in [0.25, 0.3) is 11.3 Å². The molecule has 5 aromatic rings. The molecule has 1 saturated heterocycles. The second-order valence-corrected chi connectivity index (χ2v) is 10.9. The summed E-state index contributed by atoms with van der Waals surface area (Å²) in [6.45, 7) is 0. The fraction of sp³-hybridized carbons (Fsp3) is 0.0645. The zero-order valence-electron chi connectivity index (χ0n) is 21.8. The molecular weight excluding hydrogens is 572 g/mol. The number of nitro groups is 1. The number of aromatic carboxylic acids is 1. The van der Waals surface area contributed by atoms with Crippen LogP contribution in [0.2, 0.25) is 0 Å². The number of carboxylic acid groups (broad SMARTS) is 1. The van der Waals surface area contributed by atoms with Crippen LogP contribution in [0.5, 0.6) is 0 Å². The Bertz CT molecular complexity index is 1780. The fourth-order valence-corrected chi connectivity index (χ4v) is 6.07. The van der Waals surface area contributed by atoms with Gasteiger partial charge in [-0.05, 0) is 78.9 Å². The number of aromatic nitrogens is 1. The quantitative estimate of drug-likeness (QED) is 0.108. The Morgan fingerprint density at radius 1 is 0.952 bits per heavy atom. The monoisotopic (exact) mass is 594 g/mol. The first-order valence-electron chi connectivity index (χ1n) is 12.8. The third-order valence-electron chi connectivity index (χ3n) is 6.84. The number of non-ortho nitro benzene ring substituents is 1. The minimum absolute atomic E-state index is 0.0470. The van der Waals surface area contributed by atoms with Crippen LogP contribution in [0.3, 0.4) is 0 Å². The lowest BCUT2D eigenvalue weighted by Gasteiger charge is -2.26. The van der Waals surface area contributed by atoms with Crippen molar-refractivity contribution in [1.29, 1.82) is 0 Å². The number of thiocarbonyl (C=S) groups is 1. The topological polar surface area (TPSA) is 122 Å². The highest BCUT2D eigenvalue weighted by molar-refractivity contribution is 7.99. The summed E-state index contributed by atoms with van der Waals surface area (Å²) in [6, 6.07) is 29.5. The highest BCUT2D eigenvalue weighted by atomic mass is 32.2. The first kappa shape index (κ1) is 27.2. The van der Waals surface area contributed by atoms with Crippen molar-refractivity contribution in [3.63, 3.8) is 0 Å². The fourth-order valence-electron chi connectivity index (χ4n) is 4.91. The van der Waals surface area contributed by atoms with E-state index in [4.69, 9.17) is 16.6 Å². The molecule has 2 atom stereocenters. The Balaban J connectivity index is 1.34. The van der Waals surface area contributed by atoms with Gasteiger partial charge in [0.2, 0.25) is 0 Å². The second kappa shape index (κ2) is 11.5. The molecule has 1 aliphatic heterocycles. The lowest BCUT2D eigenvalue weighted by molar-refractivity contribution is -0.384. The van der Waals surface area contributed by atoms with Gasteiger partial charge in [0.05, 0.1) is 22.2 Å². The standard InChI is InChI=1S/C31H22N4O5S2/c36-30(37)24-6-2-1-5-23(24)26-16-17-27(40-26)29-28(25-7-3-4-18-32-25)33-31(41)34(29)19-8-12-21(13-9-19)42-22-14-10-20(11-15-22)35(38)39/h1-18,28-29H,(H,33,41)(H,36,37)/t28-,29+/m1/s1. The first-order chi connectivity index (χ1) is 20.4. The summed E-state index contributed by atoms with van der Waals surface area (Å²) in [5, 5.41) is 24.6. The number of rotatable bonds is 8. The van der Waals surface area contributed by atoms with Crippen molar-refractivity contribution in [2.24, 2.45) is 0 Å². The van der Waals surface area contributed by atoms with Gasteiger partial charge in [-0.25, -0.2) is 4.79 Å². The number of pyridine rings is 1. The van der Waals surface area contributed by atoms with Crippen molar-refractivity contribution in [3.05, 3.63) is 136 Å². The van der Waals surface area contributed by atoms with Crippen molar-refractivity contribution < 1.29 is 19.2 Å². The lowest BCUT2D eigenvalue weighted by atomic mass is 10.0. The van der Waals surface area contributed by atoms with Gasteiger partial charge in [-0.3, -0.25) is 15.1 Å². The number of carbonyl (C=O) groups is 1. The molecule has 0 unspecified atom stereocenters. The van der Waals surface area contributed by atoms with Crippen LogP contribution >= 0.6 is 24.0 Å². The van der Waals surface area contributed by atoms with E-state index in [1.54, 1.807) is 48.7 Å². The maximum atomic E-state index is 11.8. The molecule has 0 amide bonds. The Hall–Kier alpha value is -5.00. The summed E-state index contributed by atoms with van der Waals surface area (Å²) in [5.41, 5.74) is 2.29. The van der Waals surface area contributed by atoms with Gasteiger partial charge in [0.25, 0.3) is 5.69 Å². The van der Waals surface area contributed by atoms with Crippen LogP contribution in [-0.4, -0.2) is 26.1 Å². The zero-order chi connectivity index (χ0) is 29.2.